The summed E-state index contributed by atoms with van der Waals surface area (Å²) in [6, 6.07) is 20.9. The van der Waals surface area contributed by atoms with Gasteiger partial charge in [0.2, 0.25) is 0 Å². The number of anilines is 2. The summed E-state index contributed by atoms with van der Waals surface area (Å²) in [5, 5.41) is 4.46. The third kappa shape index (κ3) is 9.58. The van der Waals surface area contributed by atoms with E-state index in [1.54, 1.807) is 29.2 Å². The number of fused-ring (bicyclic) bond motifs is 1. The molecule has 3 aromatic carbocycles. The standard InChI is InChI=1S/C34H34ClFN4O6S/c1-34(2,3)45-33(41)40(14-15-47-46-42-4)19-26-10-13-30(44-26)23-8-11-29-27(17-23)32(38-21-37-29)39-25-9-12-31(28(35)18-25)43-20-22-6-5-7-24(36)16-22/h5-13,16-18,21H,14-15,19-20H2,1-4H3,(H,37,38,39). The van der Waals surface area contributed by atoms with Gasteiger partial charge in [-0.1, -0.05) is 23.7 Å². The van der Waals surface area contributed by atoms with Gasteiger partial charge in [-0.25, -0.2) is 24.0 Å². The third-order valence-corrected chi connectivity index (χ3v) is 7.50. The molecule has 5 rings (SSSR count). The number of nitrogens with one attached hydrogen (secondary N) is 1. The van der Waals surface area contributed by atoms with Crippen molar-refractivity contribution in [1.82, 2.24) is 14.9 Å². The van der Waals surface area contributed by atoms with E-state index in [1.165, 1.54) is 25.6 Å². The summed E-state index contributed by atoms with van der Waals surface area (Å²) in [6.07, 6.45) is 1.02. The minimum absolute atomic E-state index is 0.180. The van der Waals surface area contributed by atoms with E-state index in [0.717, 1.165) is 28.5 Å². The molecule has 0 aliphatic carbocycles. The van der Waals surface area contributed by atoms with Gasteiger partial charge in [-0.15, -0.1) is 0 Å². The van der Waals surface area contributed by atoms with E-state index in [0.29, 0.717) is 51.7 Å². The second-order valence-corrected chi connectivity index (χ2v) is 12.6. The summed E-state index contributed by atoms with van der Waals surface area (Å²) >= 11 is 7.61. The molecule has 0 fully saturated rings. The van der Waals surface area contributed by atoms with Crippen LogP contribution in [0.25, 0.3) is 22.2 Å². The van der Waals surface area contributed by atoms with Crippen molar-refractivity contribution in [2.24, 2.45) is 0 Å². The highest BCUT2D eigenvalue weighted by molar-refractivity contribution is 7.94. The zero-order valence-electron chi connectivity index (χ0n) is 26.3. The number of furan rings is 1. The van der Waals surface area contributed by atoms with Crippen molar-refractivity contribution in [2.75, 3.05) is 24.7 Å². The largest absolute Gasteiger partial charge is 0.487 e. The van der Waals surface area contributed by atoms with Crippen LogP contribution in [-0.4, -0.2) is 46.0 Å². The van der Waals surface area contributed by atoms with Gasteiger partial charge in [0.05, 0.1) is 24.2 Å². The van der Waals surface area contributed by atoms with Gasteiger partial charge >= 0.3 is 6.09 Å². The highest BCUT2D eigenvalue weighted by Crippen LogP contribution is 2.33. The SMILES string of the molecule is COOSCCN(Cc1ccc(-c2ccc3ncnc(Nc4ccc(OCc5cccc(F)c5)c(Cl)c4)c3c2)o1)C(=O)OC(C)(C)C. The van der Waals surface area contributed by atoms with E-state index in [4.69, 9.17) is 29.8 Å². The fraction of sp³-hybridized carbons (Fsp3) is 0.265. The van der Waals surface area contributed by atoms with Crippen molar-refractivity contribution in [3.63, 3.8) is 0 Å². The van der Waals surface area contributed by atoms with Crippen LogP contribution in [-0.2, 0) is 27.1 Å². The van der Waals surface area contributed by atoms with Crippen LogP contribution in [0.15, 0.2) is 83.5 Å². The average Bonchev–Trinajstić information content (AvgIpc) is 3.50. The fourth-order valence-electron chi connectivity index (χ4n) is 4.53. The summed E-state index contributed by atoms with van der Waals surface area (Å²) in [7, 11) is 1.42. The molecular formula is C34H34ClFN4O6S. The molecule has 0 bridgehead atoms. The van der Waals surface area contributed by atoms with Crippen molar-refractivity contribution in [1.29, 1.82) is 0 Å². The lowest BCUT2D eigenvalue weighted by Gasteiger charge is -2.26. The number of aromatic nitrogens is 2. The normalized spacial score (nSPS) is 11.4. The fourth-order valence-corrected chi connectivity index (χ4v) is 5.22. The first-order chi connectivity index (χ1) is 22.6. The van der Waals surface area contributed by atoms with Crippen LogP contribution in [0, 0.1) is 5.82 Å². The first-order valence-corrected chi connectivity index (χ1v) is 15.9. The summed E-state index contributed by atoms with van der Waals surface area (Å²) in [5.41, 5.74) is 2.27. The molecule has 2 aromatic heterocycles. The van der Waals surface area contributed by atoms with Gasteiger partial charge in [0.25, 0.3) is 0 Å². The maximum Gasteiger partial charge on any atom is 0.410 e. The Bertz CT molecular complexity index is 1830. The molecule has 47 heavy (non-hydrogen) atoms. The van der Waals surface area contributed by atoms with Crippen molar-refractivity contribution in [2.45, 2.75) is 39.5 Å². The topological polar surface area (TPSA) is 108 Å². The van der Waals surface area contributed by atoms with Gasteiger partial charge in [0.15, 0.2) is 0 Å². The quantitative estimate of drug-likeness (QED) is 0.0560. The number of carbonyl (C=O) groups excluding carboxylic acids is 1. The predicted molar refractivity (Wildman–Crippen MR) is 180 cm³/mol. The number of amides is 1. The maximum atomic E-state index is 13.5. The molecule has 10 nitrogen and oxygen atoms in total. The lowest BCUT2D eigenvalue weighted by atomic mass is 10.1. The Morgan fingerprint density at radius 3 is 2.68 bits per heavy atom. The molecule has 0 unspecified atom stereocenters. The molecule has 1 amide bonds. The van der Waals surface area contributed by atoms with Gasteiger partial charge < -0.3 is 19.2 Å². The summed E-state index contributed by atoms with van der Waals surface area (Å²) in [4.78, 5) is 28.0. The first-order valence-electron chi connectivity index (χ1n) is 14.7. The Kier molecular flexibility index (Phi) is 11.2. The van der Waals surface area contributed by atoms with Crippen LogP contribution in [0.1, 0.15) is 32.1 Å². The highest BCUT2D eigenvalue weighted by atomic mass is 35.5. The molecule has 1 N–H and O–H groups in total. The number of nitrogens with zero attached hydrogens (tertiary/aromatic N) is 3. The third-order valence-electron chi connectivity index (χ3n) is 6.62. The lowest BCUT2D eigenvalue weighted by Crippen LogP contribution is -2.37. The number of benzene rings is 3. The van der Waals surface area contributed by atoms with Crippen LogP contribution >= 0.6 is 23.6 Å². The second-order valence-electron chi connectivity index (χ2n) is 11.4. The molecular weight excluding hydrogens is 647 g/mol. The number of hydrogen-bond donors (Lipinski definition) is 1. The highest BCUT2D eigenvalue weighted by Gasteiger charge is 2.23. The van der Waals surface area contributed by atoms with Crippen molar-refractivity contribution in [3.8, 4) is 17.1 Å². The lowest BCUT2D eigenvalue weighted by molar-refractivity contribution is -0.160. The Hall–Kier alpha value is -4.36. The number of halogens is 2. The monoisotopic (exact) mass is 680 g/mol. The Labute approximate surface area is 281 Å². The van der Waals surface area contributed by atoms with E-state index in [1.807, 2.05) is 57.2 Å². The van der Waals surface area contributed by atoms with Crippen molar-refractivity contribution >= 4 is 52.1 Å². The zero-order valence-corrected chi connectivity index (χ0v) is 27.9. The van der Waals surface area contributed by atoms with E-state index in [9.17, 15) is 9.18 Å². The van der Waals surface area contributed by atoms with Gasteiger partial charge in [0, 0.05) is 41.0 Å². The molecule has 0 aliphatic rings. The number of ether oxygens (including phenoxy) is 2. The second kappa shape index (κ2) is 15.5. The van der Waals surface area contributed by atoms with Gasteiger partial charge in [-0.3, -0.25) is 4.90 Å². The van der Waals surface area contributed by atoms with E-state index in [2.05, 4.69) is 20.2 Å². The van der Waals surface area contributed by atoms with E-state index >= 15 is 0 Å². The Morgan fingerprint density at radius 2 is 1.91 bits per heavy atom. The van der Waals surface area contributed by atoms with Crippen LogP contribution in [0.3, 0.4) is 0 Å². The molecule has 13 heteroatoms. The molecule has 0 aliphatic heterocycles. The van der Waals surface area contributed by atoms with Gasteiger partial charge in [0.1, 0.15) is 47.4 Å². The predicted octanol–water partition coefficient (Wildman–Crippen LogP) is 8.97. The summed E-state index contributed by atoms with van der Waals surface area (Å²) < 4.78 is 36.0. The van der Waals surface area contributed by atoms with Crippen LogP contribution < -0.4 is 10.1 Å². The molecule has 0 atom stereocenters. The van der Waals surface area contributed by atoms with Gasteiger partial charge in [-0.2, -0.15) is 4.33 Å². The zero-order chi connectivity index (χ0) is 33.4. The van der Waals surface area contributed by atoms with Crippen molar-refractivity contribution < 1.29 is 32.3 Å². The first kappa shape index (κ1) is 34.0. The molecule has 5 aromatic rings. The number of hydrogen-bond acceptors (Lipinski definition) is 10. The smallest absolute Gasteiger partial charge is 0.410 e. The molecule has 0 saturated carbocycles. The Morgan fingerprint density at radius 1 is 1.06 bits per heavy atom. The minimum atomic E-state index is -0.649. The average molecular weight is 681 g/mol. The van der Waals surface area contributed by atoms with Crippen LogP contribution in [0.2, 0.25) is 5.02 Å². The molecule has 246 valence electrons. The van der Waals surface area contributed by atoms with E-state index < -0.39 is 11.7 Å². The van der Waals surface area contributed by atoms with Crippen LogP contribution in [0.4, 0.5) is 20.7 Å². The molecule has 2 heterocycles. The number of carbonyl (C=O) groups is 1. The maximum absolute atomic E-state index is 13.5. The minimum Gasteiger partial charge on any atom is -0.487 e. The Balaban J connectivity index is 1.31. The summed E-state index contributed by atoms with van der Waals surface area (Å²) in [6.45, 7) is 6.19. The summed E-state index contributed by atoms with van der Waals surface area (Å²) in [5.74, 6) is 2.38. The van der Waals surface area contributed by atoms with E-state index in [-0.39, 0.29) is 19.0 Å². The molecule has 0 spiro atoms. The molecule has 0 saturated heterocycles. The van der Waals surface area contributed by atoms with Crippen LogP contribution in [0.5, 0.6) is 5.75 Å². The molecule has 0 radical (unpaired) electrons. The number of rotatable bonds is 13. The van der Waals surface area contributed by atoms with Gasteiger partial charge in [-0.05, 0) is 87.0 Å². The van der Waals surface area contributed by atoms with Crippen molar-refractivity contribution in [3.05, 3.63) is 101 Å².